The van der Waals surface area contributed by atoms with Gasteiger partial charge in [0.1, 0.15) is 18.2 Å². The number of benzene rings is 1. The first-order valence-electron chi connectivity index (χ1n) is 5.66. The van der Waals surface area contributed by atoms with Gasteiger partial charge in [-0.3, -0.25) is 0 Å². The van der Waals surface area contributed by atoms with E-state index in [-0.39, 0.29) is 5.82 Å². The summed E-state index contributed by atoms with van der Waals surface area (Å²) in [6.45, 7) is 2.03. The average Bonchev–Trinajstić information content (AvgIpc) is 2.73. The third-order valence-corrected chi connectivity index (χ3v) is 4.46. The Labute approximate surface area is 132 Å². The summed E-state index contributed by atoms with van der Waals surface area (Å²) in [6, 6.07) is 6.61. The number of hydrogen-bond donors (Lipinski definition) is 1. The Hall–Kier alpha value is -0.430. The standard InChI is InChI=1S/C13H12Br2FNOS/c14-9-3-11(16)6-12(4-9)18-2-1-17-7-13-5-10(15)8-19-13/h3-6,8,17H,1-2,7H2. The molecule has 1 N–H and O–H groups in total. The SMILES string of the molecule is Fc1cc(Br)cc(OCCNCc2cc(Br)cs2)c1. The summed E-state index contributed by atoms with van der Waals surface area (Å²) in [7, 11) is 0. The normalized spacial score (nSPS) is 10.7. The van der Waals surface area contributed by atoms with Crippen molar-refractivity contribution in [3.8, 4) is 5.75 Å². The van der Waals surface area contributed by atoms with Gasteiger partial charge in [0.05, 0.1) is 0 Å². The number of rotatable bonds is 6. The van der Waals surface area contributed by atoms with E-state index in [0.717, 1.165) is 11.0 Å². The lowest BCUT2D eigenvalue weighted by Crippen LogP contribution is -2.20. The molecule has 0 bridgehead atoms. The van der Waals surface area contributed by atoms with Crippen LogP contribution in [0.3, 0.4) is 0 Å². The van der Waals surface area contributed by atoms with Crippen LogP contribution in [0.2, 0.25) is 0 Å². The second-order valence-electron chi connectivity index (χ2n) is 3.86. The predicted molar refractivity (Wildman–Crippen MR) is 83.3 cm³/mol. The second-order valence-corrected chi connectivity index (χ2v) is 6.69. The average molecular weight is 409 g/mol. The summed E-state index contributed by atoms with van der Waals surface area (Å²) in [5.74, 6) is 0.230. The largest absolute Gasteiger partial charge is 0.492 e. The molecule has 0 unspecified atom stereocenters. The van der Waals surface area contributed by atoms with E-state index in [9.17, 15) is 4.39 Å². The fraction of sp³-hybridized carbons (Fsp3) is 0.231. The van der Waals surface area contributed by atoms with Gasteiger partial charge in [0.15, 0.2) is 0 Å². The molecular weight excluding hydrogens is 397 g/mol. The summed E-state index contributed by atoms with van der Waals surface area (Å²) in [4.78, 5) is 1.26. The molecule has 0 spiro atoms. The van der Waals surface area contributed by atoms with E-state index in [4.69, 9.17) is 4.74 Å². The Morgan fingerprint density at radius 3 is 2.68 bits per heavy atom. The highest BCUT2D eigenvalue weighted by molar-refractivity contribution is 9.10. The van der Waals surface area contributed by atoms with Gasteiger partial charge >= 0.3 is 0 Å². The molecule has 0 aliphatic heterocycles. The lowest BCUT2D eigenvalue weighted by molar-refractivity contribution is 0.312. The van der Waals surface area contributed by atoms with Crippen LogP contribution in [0, 0.1) is 5.82 Å². The molecule has 0 radical (unpaired) electrons. The smallest absolute Gasteiger partial charge is 0.128 e. The maximum absolute atomic E-state index is 13.1. The van der Waals surface area contributed by atoms with E-state index in [0.29, 0.717) is 23.4 Å². The minimum absolute atomic E-state index is 0.305. The van der Waals surface area contributed by atoms with Crippen molar-refractivity contribution < 1.29 is 9.13 Å². The van der Waals surface area contributed by atoms with Gasteiger partial charge in [0.2, 0.25) is 0 Å². The van der Waals surface area contributed by atoms with Crippen LogP contribution in [0.5, 0.6) is 5.75 Å². The first-order chi connectivity index (χ1) is 9.13. The van der Waals surface area contributed by atoms with Crippen LogP contribution < -0.4 is 10.1 Å². The van der Waals surface area contributed by atoms with E-state index >= 15 is 0 Å². The molecule has 102 valence electrons. The number of ether oxygens (including phenoxy) is 1. The van der Waals surface area contributed by atoms with Gasteiger partial charge in [-0.2, -0.15) is 0 Å². The van der Waals surface area contributed by atoms with Gasteiger partial charge in [-0.15, -0.1) is 11.3 Å². The van der Waals surface area contributed by atoms with Gasteiger partial charge in [-0.05, 0) is 34.1 Å². The van der Waals surface area contributed by atoms with Crippen molar-refractivity contribution in [1.29, 1.82) is 0 Å². The summed E-state index contributed by atoms with van der Waals surface area (Å²) in [5.41, 5.74) is 0. The van der Waals surface area contributed by atoms with Crippen LogP contribution in [0.15, 0.2) is 38.6 Å². The zero-order valence-corrected chi connectivity index (χ0v) is 13.9. The van der Waals surface area contributed by atoms with Crippen molar-refractivity contribution in [2.45, 2.75) is 6.54 Å². The van der Waals surface area contributed by atoms with Crippen LogP contribution in [0.1, 0.15) is 4.88 Å². The molecule has 1 aromatic carbocycles. The van der Waals surface area contributed by atoms with Crippen molar-refractivity contribution in [2.24, 2.45) is 0 Å². The molecule has 0 aliphatic carbocycles. The van der Waals surface area contributed by atoms with Gasteiger partial charge in [0.25, 0.3) is 0 Å². The number of halogens is 3. The van der Waals surface area contributed by atoms with E-state index in [1.54, 1.807) is 17.4 Å². The monoisotopic (exact) mass is 407 g/mol. The third kappa shape index (κ3) is 5.22. The zero-order chi connectivity index (χ0) is 13.7. The van der Waals surface area contributed by atoms with Crippen molar-refractivity contribution in [2.75, 3.05) is 13.2 Å². The highest BCUT2D eigenvalue weighted by Crippen LogP contribution is 2.21. The molecule has 1 aromatic heterocycles. The zero-order valence-electron chi connectivity index (χ0n) is 9.96. The molecule has 2 aromatic rings. The minimum Gasteiger partial charge on any atom is -0.492 e. The maximum Gasteiger partial charge on any atom is 0.128 e. The fourth-order valence-electron chi connectivity index (χ4n) is 1.51. The quantitative estimate of drug-likeness (QED) is 0.706. The summed E-state index contributed by atoms with van der Waals surface area (Å²) < 4.78 is 20.4. The summed E-state index contributed by atoms with van der Waals surface area (Å²) >= 11 is 8.35. The van der Waals surface area contributed by atoms with Crippen LogP contribution in [0.25, 0.3) is 0 Å². The maximum atomic E-state index is 13.1. The molecule has 19 heavy (non-hydrogen) atoms. The summed E-state index contributed by atoms with van der Waals surface area (Å²) in [5, 5.41) is 5.33. The first-order valence-corrected chi connectivity index (χ1v) is 8.12. The Morgan fingerprint density at radius 1 is 1.16 bits per heavy atom. The lowest BCUT2D eigenvalue weighted by Gasteiger charge is -2.07. The molecule has 2 rings (SSSR count). The van der Waals surface area contributed by atoms with Gasteiger partial charge in [-0.25, -0.2) is 4.39 Å². The van der Waals surface area contributed by atoms with Crippen LogP contribution >= 0.6 is 43.2 Å². The van der Waals surface area contributed by atoms with E-state index in [1.165, 1.54) is 17.0 Å². The molecule has 0 amide bonds. The predicted octanol–water partition coefficient (Wildman–Crippen LogP) is 4.58. The Balaban J connectivity index is 1.69. The van der Waals surface area contributed by atoms with Crippen molar-refractivity contribution in [3.63, 3.8) is 0 Å². The van der Waals surface area contributed by atoms with Crippen LogP contribution in [-0.2, 0) is 6.54 Å². The number of thiophene rings is 1. The molecule has 0 saturated heterocycles. The van der Waals surface area contributed by atoms with Gasteiger partial charge in [-0.1, -0.05) is 15.9 Å². The Kier molecular flexibility index (Phi) is 5.81. The second kappa shape index (κ2) is 7.38. The third-order valence-electron chi connectivity index (χ3n) is 2.30. The summed E-state index contributed by atoms with van der Waals surface area (Å²) in [6.07, 6.45) is 0. The fourth-order valence-corrected chi connectivity index (χ4v) is 3.38. The Bertz CT molecular complexity index is 527. The Morgan fingerprint density at radius 2 is 2.00 bits per heavy atom. The van der Waals surface area contributed by atoms with Crippen LogP contribution in [0.4, 0.5) is 4.39 Å². The van der Waals surface area contributed by atoms with Crippen LogP contribution in [-0.4, -0.2) is 13.2 Å². The van der Waals surface area contributed by atoms with Crippen molar-refractivity contribution in [3.05, 3.63) is 49.3 Å². The molecule has 6 heteroatoms. The first kappa shape index (κ1) is 15.0. The molecule has 1 heterocycles. The van der Waals surface area contributed by atoms with E-state index in [2.05, 4.69) is 48.6 Å². The van der Waals surface area contributed by atoms with Gasteiger partial charge in [0, 0.05) is 38.4 Å². The lowest BCUT2D eigenvalue weighted by atomic mass is 10.3. The molecule has 0 aliphatic rings. The highest BCUT2D eigenvalue weighted by Gasteiger charge is 2.00. The molecule has 2 nitrogen and oxygen atoms in total. The minimum atomic E-state index is -0.305. The van der Waals surface area contributed by atoms with Crippen molar-refractivity contribution in [1.82, 2.24) is 5.32 Å². The molecule has 0 atom stereocenters. The number of hydrogen-bond acceptors (Lipinski definition) is 3. The molecule has 0 saturated carbocycles. The van der Waals surface area contributed by atoms with Gasteiger partial charge < -0.3 is 10.1 Å². The molecule has 0 fully saturated rings. The van der Waals surface area contributed by atoms with Crippen molar-refractivity contribution >= 4 is 43.2 Å². The van der Waals surface area contributed by atoms with E-state index < -0.39 is 0 Å². The molecular formula is C13H12Br2FNOS. The topological polar surface area (TPSA) is 21.3 Å². The van der Waals surface area contributed by atoms with E-state index in [1.807, 2.05) is 0 Å². The highest BCUT2D eigenvalue weighted by atomic mass is 79.9. The number of nitrogens with one attached hydrogen (secondary N) is 1.